The Morgan fingerprint density at radius 2 is 1.06 bits per heavy atom. The SMILES string of the molecule is Cc1cc(N=Cc2cccc(C=Nc3cc(C)cc(C(F)(F)F)c3)n2)cc(C(F)(F)F)c1. The Morgan fingerprint density at radius 3 is 1.44 bits per heavy atom. The van der Waals surface area contributed by atoms with E-state index in [1.165, 1.54) is 24.6 Å². The van der Waals surface area contributed by atoms with Crippen LogP contribution in [0.3, 0.4) is 0 Å². The lowest BCUT2D eigenvalue weighted by molar-refractivity contribution is -0.138. The normalized spacial score (nSPS) is 12.8. The van der Waals surface area contributed by atoms with Crippen molar-refractivity contribution in [3.05, 3.63) is 88.2 Å². The van der Waals surface area contributed by atoms with E-state index in [0.717, 1.165) is 24.3 Å². The Balaban J connectivity index is 1.83. The van der Waals surface area contributed by atoms with E-state index in [9.17, 15) is 26.3 Å². The van der Waals surface area contributed by atoms with Crippen LogP contribution in [0.2, 0.25) is 0 Å². The van der Waals surface area contributed by atoms with E-state index in [1.54, 1.807) is 32.0 Å². The molecule has 9 heteroatoms. The van der Waals surface area contributed by atoms with Gasteiger partial charge in [0.15, 0.2) is 0 Å². The lowest BCUT2D eigenvalue weighted by Gasteiger charge is -2.08. The number of hydrogen-bond donors (Lipinski definition) is 0. The number of aliphatic imine (C=N–C) groups is 2. The molecule has 0 N–H and O–H groups in total. The first-order valence-corrected chi connectivity index (χ1v) is 9.33. The summed E-state index contributed by atoms with van der Waals surface area (Å²) in [5.74, 6) is 0. The van der Waals surface area contributed by atoms with Crippen LogP contribution in [0.25, 0.3) is 0 Å². The predicted molar refractivity (Wildman–Crippen MR) is 111 cm³/mol. The summed E-state index contributed by atoms with van der Waals surface area (Å²) in [6, 6.07) is 11.8. The molecule has 166 valence electrons. The van der Waals surface area contributed by atoms with Crippen LogP contribution in [0.5, 0.6) is 0 Å². The average Bonchev–Trinajstić information content (AvgIpc) is 2.69. The molecule has 0 atom stereocenters. The maximum atomic E-state index is 13.0. The highest BCUT2D eigenvalue weighted by Gasteiger charge is 2.31. The molecule has 0 amide bonds. The summed E-state index contributed by atoms with van der Waals surface area (Å²) in [4.78, 5) is 12.4. The summed E-state index contributed by atoms with van der Waals surface area (Å²) in [7, 11) is 0. The van der Waals surface area contributed by atoms with Gasteiger partial charge in [-0.15, -0.1) is 0 Å². The molecule has 3 nitrogen and oxygen atoms in total. The van der Waals surface area contributed by atoms with Crippen molar-refractivity contribution in [2.75, 3.05) is 0 Å². The Labute approximate surface area is 180 Å². The molecule has 0 aliphatic carbocycles. The van der Waals surface area contributed by atoms with Gasteiger partial charge in [0.2, 0.25) is 0 Å². The van der Waals surface area contributed by atoms with E-state index >= 15 is 0 Å². The number of rotatable bonds is 4. The van der Waals surface area contributed by atoms with Crippen LogP contribution in [0.4, 0.5) is 37.7 Å². The Bertz CT molecular complexity index is 1090. The third-order valence-electron chi connectivity index (χ3n) is 4.26. The average molecular weight is 449 g/mol. The van der Waals surface area contributed by atoms with Gasteiger partial charge in [0.1, 0.15) is 0 Å². The molecule has 3 aromatic rings. The first kappa shape index (κ1) is 23.2. The van der Waals surface area contributed by atoms with Gasteiger partial charge in [0.25, 0.3) is 0 Å². The van der Waals surface area contributed by atoms with E-state index in [4.69, 9.17) is 0 Å². The molecular formula is C23H17F6N3. The second kappa shape index (κ2) is 8.94. The third kappa shape index (κ3) is 6.26. The van der Waals surface area contributed by atoms with E-state index < -0.39 is 23.5 Å². The van der Waals surface area contributed by atoms with Crippen molar-refractivity contribution >= 4 is 23.8 Å². The topological polar surface area (TPSA) is 37.6 Å². The van der Waals surface area contributed by atoms with Crippen LogP contribution < -0.4 is 0 Å². The maximum Gasteiger partial charge on any atom is 0.416 e. The second-order valence-electron chi connectivity index (χ2n) is 7.11. The van der Waals surface area contributed by atoms with Crippen LogP contribution in [-0.4, -0.2) is 17.4 Å². The number of halogens is 6. The second-order valence-corrected chi connectivity index (χ2v) is 7.11. The maximum absolute atomic E-state index is 13.0. The van der Waals surface area contributed by atoms with Crippen LogP contribution in [0, 0.1) is 13.8 Å². The largest absolute Gasteiger partial charge is 0.416 e. The van der Waals surface area contributed by atoms with Crippen molar-refractivity contribution in [1.82, 2.24) is 4.98 Å². The van der Waals surface area contributed by atoms with Crippen LogP contribution >= 0.6 is 0 Å². The first-order chi connectivity index (χ1) is 14.9. The number of hydrogen-bond acceptors (Lipinski definition) is 3. The van der Waals surface area contributed by atoms with E-state index in [2.05, 4.69) is 15.0 Å². The number of aromatic nitrogens is 1. The fourth-order valence-electron chi connectivity index (χ4n) is 2.90. The van der Waals surface area contributed by atoms with Crippen LogP contribution in [0.1, 0.15) is 33.6 Å². The highest BCUT2D eigenvalue weighted by Crippen LogP contribution is 2.33. The van der Waals surface area contributed by atoms with E-state index in [-0.39, 0.29) is 11.4 Å². The number of benzene rings is 2. The van der Waals surface area contributed by atoms with Crippen LogP contribution in [0.15, 0.2) is 64.6 Å². The molecule has 32 heavy (non-hydrogen) atoms. The zero-order valence-corrected chi connectivity index (χ0v) is 17.0. The molecule has 0 unspecified atom stereocenters. The molecule has 0 aliphatic heterocycles. The molecule has 0 bridgehead atoms. The van der Waals surface area contributed by atoms with Crippen LogP contribution in [-0.2, 0) is 12.4 Å². The van der Waals surface area contributed by atoms with Gasteiger partial charge < -0.3 is 0 Å². The molecular weight excluding hydrogens is 432 g/mol. The fraction of sp³-hybridized carbons (Fsp3) is 0.174. The standard InChI is InChI=1S/C23H17F6N3/c1-14-6-16(22(24,25)26)10-20(8-14)30-12-18-4-3-5-19(32-18)13-31-21-9-15(2)7-17(11-21)23(27,28)29/h3-13H,1-2H3. The summed E-state index contributed by atoms with van der Waals surface area (Å²) < 4.78 is 77.8. The van der Waals surface area contributed by atoms with Crippen molar-refractivity contribution in [2.24, 2.45) is 9.98 Å². The van der Waals surface area contributed by atoms with Crippen molar-refractivity contribution in [3.63, 3.8) is 0 Å². The molecule has 0 saturated heterocycles. The van der Waals surface area contributed by atoms with E-state index in [0.29, 0.717) is 22.5 Å². The van der Waals surface area contributed by atoms with Gasteiger partial charge in [0.05, 0.1) is 46.3 Å². The molecule has 2 aromatic carbocycles. The van der Waals surface area contributed by atoms with Gasteiger partial charge in [-0.25, -0.2) is 4.98 Å². The summed E-state index contributed by atoms with van der Waals surface area (Å²) >= 11 is 0. The van der Waals surface area contributed by atoms with Gasteiger partial charge in [-0.2, -0.15) is 26.3 Å². The molecule has 1 heterocycles. The predicted octanol–water partition coefficient (Wildman–Crippen LogP) is 7.24. The zero-order chi connectivity index (χ0) is 23.5. The molecule has 0 aliphatic rings. The van der Waals surface area contributed by atoms with Crippen molar-refractivity contribution in [3.8, 4) is 0 Å². The molecule has 0 saturated carbocycles. The number of aryl methyl sites for hydroxylation is 2. The zero-order valence-electron chi connectivity index (χ0n) is 17.0. The highest BCUT2D eigenvalue weighted by atomic mass is 19.4. The van der Waals surface area contributed by atoms with Crippen molar-refractivity contribution in [2.45, 2.75) is 26.2 Å². The minimum atomic E-state index is -4.48. The Hall–Kier alpha value is -3.49. The molecule has 0 spiro atoms. The van der Waals surface area contributed by atoms with Crippen molar-refractivity contribution < 1.29 is 26.3 Å². The summed E-state index contributed by atoms with van der Waals surface area (Å²) in [6.45, 7) is 3.08. The van der Waals surface area contributed by atoms with Gasteiger partial charge in [0, 0.05) is 0 Å². The number of pyridine rings is 1. The third-order valence-corrected chi connectivity index (χ3v) is 4.26. The van der Waals surface area contributed by atoms with Gasteiger partial charge in [-0.3, -0.25) is 9.98 Å². The first-order valence-electron chi connectivity index (χ1n) is 9.33. The Kier molecular flexibility index (Phi) is 6.47. The van der Waals surface area contributed by atoms with Gasteiger partial charge >= 0.3 is 12.4 Å². The minimum Gasteiger partial charge on any atom is -0.255 e. The van der Waals surface area contributed by atoms with E-state index in [1.807, 2.05) is 0 Å². The summed E-state index contributed by atoms with van der Waals surface area (Å²) in [5, 5.41) is 0. The Morgan fingerprint density at radius 1 is 0.656 bits per heavy atom. The quantitative estimate of drug-likeness (QED) is 0.306. The monoisotopic (exact) mass is 449 g/mol. The van der Waals surface area contributed by atoms with Crippen molar-refractivity contribution in [1.29, 1.82) is 0 Å². The molecule has 3 rings (SSSR count). The van der Waals surface area contributed by atoms with Gasteiger partial charge in [-0.1, -0.05) is 6.07 Å². The highest BCUT2D eigenvalue weighted by molar-refractivity contribution is 5.84. The lowest BCUT2D eigenvalue weighted by Crippen LogP contribution is -2.04. The lowest BCUT2D eigenvalue weighted by atomic mass is 10.1. The molecule has 0 fully saturated rings. The molecule has 1 aromatic heterocycles. The summed E-state index contributed by atoms with van der Waals surface area (Å²) in [5.41, 5.74) is 0.183. The molecule has 0 radical (unpaired) electrons. The number of alkyl halides is 6. The summed E-state index contributed by atoms with van der Waals surface area (Å²) in [6.07, 6.45) is -6.35. The fourth-order valence-corrected chi connectivity index (χ4v) is 2.90. The van der Waals surface area contributed by atoms with Gasteiger partial charge in [-0.05, 0) is 73.5 Å². The minimum absolute atomic E-state index is 0.123. The number of nitrogens with zero attached hydrogens (tertiary/aromatic N) is 3. The smallest absolute Gasteiger partial charge is 0.255 e.